The highest BCUT2D eigenvalue weighted by atomic mass is 79.9. The third kappa shape index (κ3) is 4.64. The molecule has 0 atom stereocenters. The summed E-state index contributed by atoms with van der Waals surface area (Å²) in [5, 5.41) is 5.17. The standard InChI is InChI=1S/C18H16BrN3O2S/c1-11(2)12-7-13(17(23)22-18-20-5-6-25-18)9-15(8-12)24-16-4-3-14(19)10-21-16/h3-11H,1-2H3,(H,20,22,23). The first-order valence-corrected chi connectivity index (χ1v) is 9.34. The zero-order valence-corrected chi connectivity index (χ0v) is 16.1. The van der Waals surface area contributed by atoms with E-state index in [1.165, 1.54) is 11.3 Å². The number of pyridine rings is 1. The number of anilines is 1. The Bertz CT molecular complexity index is 865. The van der Waals surface area contributed by atoms with E-state index in [-0.39, 0.29) is 11.8 Å². The lowest BCUT2D eigenvalue weighted by Crippen LogP contribution is -2.12. The molecule has 0 aliphatic rings. The molecule has 1 aromatic carbocycles. The van der Waals surface area contributed by atoms with Crippen LogP contribution in [0, 0.1) is 0 Å². The number of carbonyl (C=O) groups is 1. The van der Waals surface area contributed by atoms with Gasteiger partial charge in [0.15, 0.2) is 5.13 Å². The first kappa shape index (κ1) is 17.6. The van der Waals surface area contributed by atoms with E-state index < -0.39 is 0 Å². The summed E-state index contributed by atoms with van der Waals surface area (Å²) < 4.78 is 6.70. The van der Waals surface area contributed by atoms with Crippen LogP contribution in [0.3, 0.4) is 0 Å². The summed E-state index contributed by atoms with van der Waals surface area (Å²) in [4.78, 5) is 20.8. The van der Waals surface area contributed by atoms with E-state index in [1.54, 1.807) is 24.5 Å². The quantitative estimate of drug-likeness (QED) is 0.597. The highest BCUT2D eigenvalue weighted by molar-refractivity contribution is 9.10. The summed E-state index contributed by atoms with van der Waals surface area (Å²) >= 11 is 4.72. The lowest BCUT2D eigenvalue weighted by molar-refractivity contribution is 0.102. The number of nitrogens with zero attached hydrogens (tertiary/aromatic N) is 2. The molecule has 0 aliphatic carbocycles. The maximum absolute atomic E-state index is 12.5. The summed E-state index contributed by atoms with van der Waals surface area (Å²) in [5.41, 5.74) is 1.53. The fraction of sp³-hybridized carbons (Fsp3) is 0.167. The van der Waals surface area contributed by atoms with Gasteiger partial charge in [0.05, 0.1) is 0 Å². The van der Waals surface area contributed by atoms with Crippen LogP contribution >= 0.6 is 27.3 Å². The summed E-state index contributed by atoms with van der Waals surface area (Å²) in [6.07, 6.45) is 3.32. The maximum atomic E-state index is 12.5. The van der Waals surface area contributed by atoms with Crippen LogP contribution in [0.15, 0.2) is 52.6 Å². The molecule has 3 aromatic rings. The number of hydrogen-bond donors (Lipinski definition) is 1. The molecular formula is C18H16BrN3O2S. The molecule has 5 nitrogen and oxygen atoms in total. The molecule has 7 heteroatoms. The summed E-state index contributed by atoms with van der Waals surface area (Å²) in [6, 6.07) is 9.12. The van der Waals surface area contributed by atoms with Crippen molar-refractivity contribution in [2.75, 3.05) is 5.32 Å². The van der Waals surface area contributed by atoms with Crippen molar-refractivity contribution in [2.24, 2.45) is 0 Å². The molecule has 0 radical (unpaired) electrons. The second kappa shape index (κ2) is 7.76. The minimum Gasteiger partial charge on any atom is -0.439 e. The fourth-order valence-corrected chi connectivity index (χ4v) is 2.90. The average molecular weight is 418 g/mol. The van der Waals surface area contributed by atoms with Gasteiger partial charge < -0.3 is 4.74 Å². The van der Waals surface area contributed by atoms with Gasteiger partial charge in [-0.2, -0.15) is 0 Å². The van der Waals surface area contributed by atoms with Gasteiger partial charge in [-0.1, -0.05) is 13.8 Å². The Kier molecular flexibility index (Phi) is 5.45. The van der Waals surface area contributed by atoms with Gasteiger partial charge in [0.2, 0.25) is 5.88 Å². The molecule has 0 spiro atoms. The Morgan fingerprint density at radius 3 is 2.72 bits per heavy atom. The van der Waals surface area contributed by atoms with E-state index in [1.807, 2.05) is 23.6 Å². The van der Waals surface area contributed by atoms with Gasteiger partial charge in [0, 0.05) is 33.9 Å². The van der Waals surface area contributed by atoms with Gasteiger partial charge in [-0.15, -0.1) is 11.3 Å². The topological polar surface area (TPSA) is 64.1 Å². The van der Waals surface area contributed by atoms with Crippen LogP contribution in [-0.4, -0.2) is 15.9 Å². The number of amides is 1. The number of nitrogens with one attached hydrogen (secondary N) is 1. The van der Waals surface area contributed by atoms with Gasteiger partial charge in [0.1, 0.15) is 5.75 Å². The largest absolute Gasteiger partial charge is 0.439 e. The molecule has 1 amide bonds. The Hall–Kier alpha value is -2.25. The number of halogens is 1. The SMILES string of the molecule is CC(C)c1cc(Oc2ccc(Br)cn2)cc(C(=O)Nc2nccs2)c1. The second-order valence-electron chi connectivity index (χ2n) is 5.65. The van der Waals surface area contributed by atoms with Gasteiger partial charge in [-0.05, 0) is 51.7 Å². The van der Waals surface area contributed by atoms with Gasteiger partial charge in [0.25, 0.3) is 5.91 Å². The smallest absolute Gasteiger partial charge is 0.257 e. The van der Waals surface area contributed by atoms with Crippen molar-refractivity contribution in [3.8, 4) is 11.6 Å². The third-order valence-corrected chi connectivity index (χ3v) is 4.59. The van der Waals surface area contributed by atoms with Crippen LogP contribution < -0.4 is 10.1 Å². The maximum Gasteiger partial charge on any atom is 0.257 e. The number of ether oxygens (including phenoxy) is 1. The zero-order valence-electron chi connectivity index (χ0n) is 13.7. The first-order valence-electron chi connectivity index (χ1n) is 7.66. The van der Waals surface area contributed by atoms with E-state index >= 15 is 0 Å². The normalized spacial score (nSPS) is 10.7. The van der Waals surface area contributed by atoms with Crippen molar-refractivity contribution in [1.29, 1.82) is 0 Å². The van der Waals surface area contributed by atoms with Crippen molar-refractivity contribution >= 4 is 38.3 Å². The van der Waals surface area contributed by atoms with Crippen LogP contribution in [0.1, 0.15) is 35.7 Å². The highest BCUT2D eigenvalue weighted by Gasteiger charge is 2.13. The molecule has 3 rings (SSSR count). The number of hydrogen-bond acceptors (Lipinski definition) is 5. The van der Waals surface area contributed by atoms with E-state index in [0.29, 0.717) is 22.3 Å². The molecule has 0 bridgehead atoms. The van der Waals surface area contributed by atoms with Crippen LogP contribution in [0.2, 0.25) is 0 Å². The molecule has 1 N–H and O–H groups in total. The van der Waals surface area contributed by atoms with Gasteiger partial charge in [-0.25, -0.2) is 9.97 Å². The monoisotopic (exact) mass is 417 g/mol. The molecule has 0 saturated carbocycles. The van der Waals surface area contributed by atoms with Crippen molar-refractivity contribution in [2.45, 2.75) is 19.8 Å². The summed E-state index contributed by atoms with van der Waals surface area (Å²) in [6.45, 7) is 4.14. The number of carbonyl (C=O) groups excluding carboxylic acids is 1. The zero-order chi connectivity index (χ0) is 17.8. The Balaban J connectivity index is 1.88. The van der Waals surface area contributed by atoms with Crippen LogP contribution in [0.4, 0.5) is 5.13 Å². The van der Waals surface area contributed by atoms with E-state index in [0.717, 1.165) is 10.0 Å². The van der Waals surface area contributed by atoms with Crippen LogP contribution in [-0.2, 0) is 0 Å². The molecule has 128 valence electrons. The lowest BCUT2D eigenvalue weighted by atomic mass is 10.00. The minimum atomic E-state index is -0.217. The molecule has 0 unspecified atom stereocenters. The van der Waals surface area contributed by atoms with Crippen molar-refractivity contribution in [3.05, 3.63) is 63.7 Å². The molecule has 2 heterocycles. The number of aromatic nitrogens is 2. The number of rotatable bonds is 5. The summed E-state index contributed by atoms with van der Waals surface area (Å²) in [5.74, 6) is 1.08. The molecule has 0 saturated heterocycles. The van der Waals surface area contributed by atoms with Crippen molar-refractivity contribution in [1.82, 2.24) is 9.97 Å². The minimum absolute atomic E-state index is 0.217. The Labute approximate surface area is 158 Å². The number of thiazole rings is 1. The van der Waals surface area contributed by atoms with E-state index in [2.05, 4.69) is 45.1 Å². The van der Waals surface area contributed by atoms with E-state index in [9.17, 15) is 4.79 Å². The third-order valence-electron chi connectivity index (χ3n) is 3.43. The molecular weight excluding hydrogens is 402 g/mol. The predicted octanol–water partition coefficient (Wildman–Crippen LogP) is 5.47. The predicted molar refractivity (Wildman–Crippen MR) is 103 cm³/mol. The molecule has 25 heavy (non-hydrogen) atoms. The fourth-order valence-electron chi connectivity index (χ4n) is 2.14. The van der Waals surface area contributed by atoms with Crippen LogP contribution in [0.5, 0.6) is 11.6 Å². The Morgan fingerprint density at radius 1 is 1.24 bits per heavy atom. The average Bonchev–Trinajstić information content (AvgIpc) is 3.09. The highest BCUT2D eigenvalue weighted by Crippen LogP contribution is 2.27. The van der Waals surface area contributed by atoms with E-state index in [4.69, 9.17) is 4.74 Å². The van der Waals surface area contributed by atoms with Crippen LogP contribution in [0.25, 0.3) is 0 Å². The van der Waals surface area contributed by atoms with Gasteiger partial charge in [-0.3, -0.25) is 10.1 Å². The Morgan fingerprint density at radius 2 is 2.08 bits per heavy atom. The van der Waals surface area contributed by atoms with Gasteiger partial charge >= 0.3 is 0 Å². The van der Waals surface area contributed by atoms with Crippen molar-refractivity contribution in [3.63, 3.8) is 0 Å². The molecule has 2 aromatic heterocycles. The molecule has 0 aliphatic heterocycles. The second-order valence-corrected chi connectivity index (χ2v) is 7.46. The van der Waals surface area contributed by atoms with Crippen molar-refractivity contribution < 1.29 is 9.53 Å². The first-order chi connectivity index (χ1) is 12.0. The molecule has 0 fully saturated rings. The number of benzene rings is 1. The summed E-state index contributed by atoms with van der Waals surface area (Å²) in [7, 11) is 0. The lowest BCUT2D eigenvalue weighted by Gasteiger charge is -2.12.